The highest BCUT2D eigenvalue weighted by atomic mass is 16.4. The van der Waals surface area contributed by atoms with Crippen LogP contribution in [0.5, 0.6) is 0 Å². The lowest BCUT2D eigenvalue weighted by Gasteiger charge is -2.15. The van der Waals surface area contributed by atoms with Crippen LogP contribution in [0.1, 0.15) is 33.1 Å². The van der Waals surface area contributed by atoms with E-state index in [0.29, 0.717) is 18.5 Å². The lowest BCUT2D eigenvalue weighted by molar-refractivity contribution is 0.418. The van der Waals surface area contributed by atoms with E-state index in [-0.39, 0.29) is 0 Å². The molecule has 1 atom stereocenters. The third-order valence-corrected chi connectivity index (χ3v) is 3.42. The minimum Gasteiger partial charge on any atom is -0.407 e. The molecule has 1 fully saturated rings. The van der Waals surface area contributed by atoms with E-state index < -0.39 is 0 Å². The first kappa shape index (κ1) is 12.4. The summed E-state index contributed by atoms with van der Waals surface area (Å²) in [5.41, 5.74) is 0. The van der Waals surface area contributed by atoms with Gasteiger partial charge in [-0.2, -0.15) is 0 Å². The lowest BCUT2D eigenvalue weighted by Crippen LogP contribution is -2.21. The number of aromatic nitrogens is 2. The Morgan fingerprint density at radius 3 is 2.94 bits per heavy atom. The maximum Gasteiger partial charge on any atom is 0.318 e. The molecule has 0 aliphatic carbocycles. The molecule has 5 nitrogen and oxygen atoms in total. The first-order valence-corrected chi connectivity index (χ1v) is 6.48. The molecule has 2 heterocycles. The summed E-state index contributed by atoms with van der Waals surface area (Å²) in [7, 11) is 0. The Kier molecular flexibility index (Phi) is 3.99. The SMILES string of the molecule is CCNCc1nnc(N2CCC(C(C)C)C2)o1. The minimum atomic E-state index is 0.658. The van der Waals surface area contributed by atoms with E-state index in [2.05, 4.69) is 41.2 Å². The van der Waals surface area contributed by atoms with E-state index in [9.17, 15) is 0 Å². The number of hydrogen-bond acceptors (Lipinski definition) is 5. The van der Waals surface area contributed by atoms with Crippen LogP contribution in [0.25, 0.3) is 0 Å². The van der Waals surface area contributed by atoms with Gasteiger partial charge in [-0.05, 0) is 24.8 Å². The molecule has 0 radical (unpaired) electrons. The zero-order valence-corrected chi connectivity index (χ0v) is 10.9. The molecule has 1 N–H and O–H groups in total. The average molecular weight is 238 g/mol. The van der Waals surface area contributed by atoms with E-state index in [1.165, 1.54) is 6.42 Å². The normalized spacial score (nSPS) is 20.5. The van der Waals surface area contributed by atoms with Crippen LogP contribution in [-0.4, -0.2) is 29.8 Å². The van der Waals surface area contributed by atoms with Gasteiger partial charge >= 0.3 is 6.01 Å². The van der Waals surface area contributed by atoms with E-state index >= 15 is 0 Å². The molecular formula is C12H22N4O. The third kappa shape index (κ3) is 2.97. The molecule has 1 aromatic rings. The van der Waals surface area contributed by atoms with Gasteiger partial charge in [0.05, 0.1) is 6.54 Å². The first-order chi connectivity index (χ1) is 8.20. The average Bonchev–Trinajstić information content (AvgIpc) is 2.94. The number of nitrogens with zero attached hydrogens (tertiary/aromatic N) is 3. The predicted molar refractivity (Wildman–Crippen MR) is 66.8 cm³/mol. The van der Waals surface area contributed by atoms with Crippen molar-refractivity contribution >= 4 is 6.01 Å². The van der Waals surface area contributed by atoms with Gasteiger partial charge in [-0.15, -0.1) is 5.10 Å². The van der Waals surface area contributed by atoms with Gasteiger partial charge in [-0.3, -0.25) is 0 Å². The highest BCUT2D eigenvalue weighted by molar-refractivity contribution is 5.26. The van der Waals surface area contributed by atoms with E-state index in [0.717, 1.165) is 31.5 Å². The van der Waals surface area contributed by atoms with Crippen LogP contribution in [0.2, 0.25) is 0 Å². The highest BCUT2D eigenvalue weighted by Gasteiger charge is 2.27. The van der Waals surface area contributed by atoms with Crippen LogP contribution in [0, 0.1) is 11.8 Å². The quantitative estimate of drug-likeness (QED) is 0.845. The van der Waals surface area contributed by atoms with Crippen molar-refractivity contribution in [2.75, 3.05) is 24.5 Å². The van der Waals surface area contributed by atoms with Gasteiger partial charge in [0, 0.05) is 13.1 Å². The first-order valence-electron chi connectivity index (χ1n) is 6.48. The number of nitrogens with one attached hydrogen (secondary N) is 1. The Labute approximate surface area is 103 Å². The second-order valence-electron chi connectivity index (χ2n) is 5.00. The molecule has 0 bridgehead atoms. The molecular weight excluding hydrogens is 216 g/mol. The fourth-order valence-electron chi connectivity index (χ4n) is 2.18. The topological polar surface area (TPSA) is 54.2 Å². The second kappa shape index (κ2) is 5.49. The van der Waals surface area contributed by atoms with Gasteiger partial charge < -0.3 is 14.6 Å². The monoisotopic (exact) mass is 238 g/mol. The van der Waals surface area contributed by atoms with Crippen molar-refractivity contribution in [3.8, 4) is 0 Å². The molecule has 1 saturated heterocycles. The molecule has 0 amide bonds. The largest absolute Gasteiger partial charge is 0.407 e. The smallest absolute Gasteiger partial charge is 0.318 e. The van der Waals surface area contributed by atoms with Crippen molar-refractivity contribution in [1.29, 1.82) is 0 Å². The van der Waals surface area contributed by atoms with Crippen LogP contribution < -0.4 is 10.2 Å². The van der Waals surface area contributed by atoms with Gasteiger partial charge in [-0.25, -0.2) is 0 Å². The maximum absolute atomic E-state index is 5.64. The molecule has 1 aliphatic rings. The molecule has 1 aliphatic heterocycles. The van der Waals surface area contributed by atoms with E-state index in [1.54, 1.807) is 0 Å². The standard InChI is InChI=1S/C12H22N4O/c1-4-13-7-11-14-15-12(17-11)16-6-5-10(8-16)9(2)3/h9-10,13H,4-8H2,1-3H3. The summed E-state index contributed by atoms with van der Waals surface area (Å²) in [6, 6.07) is 0.682. The van der Waals surface area contributed by atoms with Crippen molar-refractivity contribution in [1.82, 2.24) is 15.5 Å². The third-order valence-electron chi connectivity index (χ3n) is 3.42. The summed E-state index contributed by atoms with van der Waals surface area (Å²) >= 11 is 0. The fourth-order valence-corrected chi connectivity index (χ4v) is 2.18. The number of rotatable bonds is 5. The number of hydrogen-bond donors (Lipinski definition) is 1. The molecule has 17 heavy (non-hydrogen) atoms. The Bertz CT molecular complexity index is 350. The molecule has 0 aromatic carbocycles. The van der Waals surface area contributed by atoms with Crippen LogP contribution >= 0.6 is 0 Å². The van der Waals surface area contributed by atoms with Crippen molar-refractivity contribution < 1.29 is 4.42 Å². The number of anilines is 1. The molecule has 1 unspecified atom stereocenters. The van der Waals surface area contributed by atoms with Crippen LogP contribution in [0.3, 0.4) is 0 Å². The van der Waals surface area contributed by atoms with Crippen molar-refractivity contribution in [3.63, 3.8) is 0 Å². The van der Waals surface area contributed by atoms with Gasteiger partial charge in [-0.1, -0.05) is 25.9 Å². The zero-order chi connectivity index (χ0) is 12.3. The van der Waals surface area contributed by atoms with Crippen LogP contribution in [0.4, 0.5) is 6.01 Å². The van der Waals surface area contributed by atoms with Crippen molar-refractivity contribution in [3.05, 3.63) is 5.89 Å². The Hall–Kier alpha value is -1.10. The summed E-state index contributed by atoms with van der Waals surface area (Å²) in [4.78, 5) is 2.20. The zero-order valence-electron chi connectivity index (χ0n) is 10.9. The summed E-state index contributed by atoms with van der Waals surface area (Å²) < 4.78 is 5.64. The Morgan fingerprint density at radius 1 is 1.47 bits per heavy atom. The minimum absolute atomic E-state index is 0.658. The molecule has 2 rings (SSSR count). The van der Waals surface area contributed by atoms with E-state index in [4.69, 9.17) is 4.42 Å². The van der Waals surface area contributed by atoms with Crippen molar-refractivity contribution in [2.45, 2.75) is 33.7 Å². The van der Waals surface area contributed by atoms with Gasteiger partial charge in [0.25, 0.3) is 0 Å². The van der Waals surface area contributed by atoms with Gasteiger partial charge in [0.2, 0.25) is 5.89 Å². The molecule has 0 saturated carbocycles. The molecule has 0 spiro atoms. The van der Waals surface area contributed by atoms with E-state index in [1.807, 2.05) is 0 Å². The van der Waals surface area contributed by atoms with Gasteiger partial charge in [0.1, 0.15) is 0 Å². The Balaban J connectivity index is 1.92. The molecule has 96 valence electrons. The van der Waals surface area contributed by atoms with Crippen LogP contribution in [0.15, 0.2) is 4.42 Å². The highest BCUT2D eigenvalue weighted by Crippen LogP contribution is 2.27. The van der Waals surface area contributed by atoms with Gasteiger partial charge in [0.15, 0.2) is 0 Å². The summed E-state index contributed by atoms with van der Waals surface area (Å²) in [5.74, 6) is 2.15. The van der Waals surface area contributed by atoms with Crippen molar-refractivity contribution in [2.24, 2.45) is 11.8 Å². The summed E-state index contributed by atoms with van der Waals surface area (Å²) in [5, 5.41) is 11.3. The molecule has 5 heteroatoms. The summed E-state index contributed by atoms with van der Waals surface area (Å²) in [6.07, 6.45) is 1.22. The Morgan fingerprint density at radius 2 is 2.29 bits per heavy atom. The predicted octanol–water partition coefficient (Wildman–Crippen LogP) is 1.66. The lowest BCUT2D eigenvalue weighted by atomic mass is 9.95. The molecule has 1 aromatic heterocycles. The summed E-state index contributed by atoms with van der Waals surface area (Å²) in [6.45, 7) is 10.3. The van der Waals surface area contributed by atoms with Crippen LogP contribution in [-0.2, 0) is 6.54 Å². The second-order valence-corrected chi connectivity index (χ2v) is 5.00. The fraction of sp³-hybridized carbons (Fsp3) is 0.833. The maximum atomic E-state index is 5.64.